The lowest BCUT2D eigenvalue weighted by atomic mass is 9.98. The Balaban J connectivity index is 1.26. The summed E-state index contributed by atoms with van der Waals surface area (Å²) in [5.74, 6) is 0.520. The summed E-state index contributed by atoms with van der Waals surface area (Å²) in [6.45, 7) is 13.4. The van der Waals surface area contributed by atoms with Crippen LogP contribution in [0.2, 0.25) is 10.0 Å². The third kappa shape index (κ3) is 6.80. The summed E-state index contributed by atoms with van der Waals surface area (Å²) in [6, 6.07) is 13.1. The number of halogens is 2. The van der Waals surface area contributed by atoms with Crippen LogP contribution in [0.1, 0.15) is 74.9 Å². The van der Waals surface area contributed by atoms with E-state index in [0.29, 0.717) is 71.6 Å². The van der Waals surface area contributed by atoms with Crippen molar-refractivity contribution in [3.63, 3.8) is 0 Å². The van der Waals surface area contributed by atoms with Gasteiger partial charge < -0.3 is 33.5 Å². The van der Waals surface area contributed by atoms with Crippen LogP contribution in [0.25, 0.3) is 32.9 Å². The number of ether oxygens (including phenoxy) is 2. The van der Waals surface area contributed by atoms with E-state index in [1.54, 1.807) is 17.7 Å². The fourth-order valence-electron chi connectivity index (χ4n) is 9.21. The fraction of sp³-hybridized carbons (Fsp3) is 0.400. The number of carbonyl (C=O) groups excluding carboxylic acids is 1. The first-order valence-corrected chi connectivity index (χ1v) is 20.7. The molecule has 2 atom stereocenters. The first kappa shape index (κ1) is 39.8. The first-order valence-electron chi connectivity index (χ1n) is 19.9. The number of anilines is 1. The molecule has 0 radical (unpaired) electrons. The molecule has 6 aromatic rings. The Hall–Kier alpha value is -4.97. The van der Waals surface area contributed by atoms with Gasteiger partial charge in [0.2, 0.25) is 0 Å². The monoisotopic (exact) mass is 824 g/mol. The van der Waals surface area contributed by atoms with Gasteiger partial charge >= 0.3 is 5.97 Å². The molecule has 1 amide bonds. The lowest BCUT2D eigenvalue weighted by Gasteiger charge is -2.35. The second-order valence-corrected chi connectivity index (χ2v) is 17.1. The van der Waals surface area contributed by atoms with E-state index in [-0.39, 0.29) is 17.6 Å². The Bertz CT molecular complexity index is 2620. The summed E-state index contributed by atoms with van der Waals surface area (Å²) in [4.78, 5) is 32.0. The van der Waals surface area contributed by atoms with Crippen molar-refractivity contribution in [3.05, 3.63) is 92.0 Å². The lowest BCUT2D eigenvalue weighted by molar-refractivity contribution is 0.0686. The summed E-state index contributed by atoms with van der Waals surface area (Å²) in [5.41, 5.74) is 9.38. The minimum atomic E-state index is -1.04. The zero-order valence-electron chi connectivity index (χ0n) is 34.4. The van der Waals surface area contributed by atoms with E-state index >= 15 is 4.79 Å². The topological polar surface area (TPSA) is 107 Å². The highest BCUT2D eigenvalue weighted by Crippen LogP contribution is 2.46. The van der Waals surface area contributed by atoms with Crippen LogP contribution < -0.4 is 14.4 Å². The summed E-state index contributed by atoms with van der Waals surface area (Å²) < 4.78 is 18.4. The number of aromatic carboxylic acids is 1. The van der Waals surface area contributed by atoms with Crippen LogP contribution in [0.4, 0.5) is 5.69 Å². The van der Waals surface area contributed by atoms with Gasteiger partial charge in [0, 0.05) is 83.9 Å². The van der Waals surface area contributed by atoms with Crippen molar-refractivity contribution in [2.75, 3.05) is 44.8 Å². The van der Waals surface area contributed by atoms with Crippen LogP contribution >= 0.6 is 23.2 Å². The Labute approximate surface area is 348 Å². The van der Waals surface area contributed by atoms with E-state index in [9.17, 15) is 9.90 Å². The second-order valence-electron chi connectivity index (χ2n) is 16.3. The maximum absolute atomic E-state index is 15.4. The van der Waals surface area contributed by atoms with Gasteiger partial charge in [0.1, 0.15) is 22.9 Å². The SMILES string of the molecule is Cc1cc(OCCCc2c3n(c4c(-c5c(C)nn(C)c5C)c(Cl)ccc24)[C@H](C)CN(c2cc(OCC4CCN(C)C4)cc4c2cc(C(=O)O)n4C)C3=O)cc(C)c1Cl. The Morgan fingerprint density at radius 2 is 1.66 bits per heavy atom. The molecular formula is C45H50Cl2N6O5. The van der Waals surface area contributed by atoms with E-state index in [2.05, 4.69) is 23.4 Å². The van der Waals surface area contributed by atoms with Gasteiger partial charge in [-0.2, -0.15) is 5.10 Å². The number of likely N-dealkylation sites (tertiary alicyclic amines) is 1. The lowest BCUT2D eigenvalue weighted by Crippen LogP contribution is -2.42. The zero-order chi connectivity index (χ0) is 41.3. The van der Waals surface area contributed by atoms with Gasteiger partial charge in [-0.25, -0.2) is 4.79 Å². The molecule has 0 aliphatic carbocycles. The van der Waals surface area contributed by atoms with Crippen LogP contribution in [0.15, 0.2) is 42.5 Å². The molecule has 8 rings (SSSR count). The number of aryl methyl sites for hydroxylation is 6. The Morgan fingerprint density at radius 3 is 2.31 bits per heavy atom. The summed E-state index contributed by atoms with van der Waals surface area (Å²) >= 11 is 13.6. The molecule has 0 bridgehead atoms. The third-order valence-corrected chi connectivity index (χ3v) is 13.1. The van der Waals surface area contributed by atoms with E-state index in [1.165, 1.54) is 0 Å². The maximum atomic E-state index is 15.4. The first-order chi connectivity index (χ1) is 27.6. The van der Waals surface area contributed by atoms with Crippen molar-refractivity contribution in [2.45, 2.75) is 59.9 Å². The van der Waals surface area contributed by atoms with E-state index in [4.69, 9.17) is 37.8 Å². The molecule has 0 saturated carbocycles. The maximum Gasteiger partial charge on any atom is 0.352 e. The molecule has 2 aliphatic rings. The number of aromatic nitrogens is 4. The van der Waals surface area contributed by atoms with Crippen molar-refractivity contribution in [1.82, 2.24) is 23.8 Å². The van der Waals surface area contributed by atoms with Gasteiger partial charge in [-0.15, -0.1) is 0 Å². The summed E-state index contributed by atoms with van der Waals surface area (Å²) in [6.07, 6.45) is 2.25. The highest BCUT2D eigenvalue weighted by molar-refractivity contribution is 6.35. The molecule has 3 aromatic carbocycles. The number of fused-ring (bicyclic) bond motifs is 4. The molecule has 58 heavy (non-hydrogen) atoms. The number of carbonyl (C=O) groups is 2. The molecule has 3 aromatic heterocycles. The number of amides is 1. The number of hydrogen-bond donors (Lipinski definition) is 1. The minimum absolute atomic E-state index is 0.130. The Morgan fingerprint density at radius 1 is 0.931 bits per heavy atom. The van der Waals surface area contributed by atoms with Crippen molar-refractivity contribution >= 4 is 62.6 Å². The molecule has 2 aliphatic heterocycles. The minimum Gasteiger partial charge on any atom is -0.494 e. The number of rotatable bonds is 11. The number of carboxylic acids is 1. The predicted molar refractivity (Wildman–Crippen MR) is 231 cm³/mol. The van der Waals surface area contributed by atoms with Crippen LogP contribution in [0.5, 0.6) is 11.5 Å². The number of carboxylic acid groups (broad SMARTS) is 1. The molecule has 1 fully saturated rings. The van der Waals surface area contributed by atoms with Gasteiger partial charge in [0.15, 0.2) is 0 Å². The molecule has 13 heteroatoms. The fourth-order valence-corrected chi connectivity index (χ4v) is 9.57. The van der Waals surface area contributed by atoms with E-state index < -0.39 is 5.97 Å². The van der Waals surface area contributed by atoms with Gasteiger partial charge in [-0.1, -0.05) is 29.3 Å². The second kappa shape index (κ2) is 15.3. The molecule has 11 nitrogen and oxygen atoms in total. The van der Waals surface area contributed by atoms with E-state index in [0.717, 1.165) is 80.4 Å². The molecule has 0 spiro atoms. The van der Waals surface area contributed by atoms with Gasteiger partial charge in [0.05, 0.1) is 40.7 Å². The summed E-state index contributed by atoms with van der Waals surface area (Å²) in [7, 11) is 5.78. The highest BCUT2D eigenvalue weighted by Gasteiger charge is 2.38. The number of benzene rings is 3. The molecule has 5 heterocycles. The number of nitrogens with zero attached hydrogens (tertiary/aromatic N) is 6. The van der Waals surface area contributed by atoms with Crippen LogP contribution in [0, 0.1) is 33.6 Å². The van der Waals surface area contributed by atoms with E-state index in [1.807, 2.05) is 80.7 Å². The average molecular weight is 826 g/mol. The van der Waals surface area contributed by atoms with Crippen LogP contribution in [-0.4, -0.2) is 80.7 Å². The number of hydrogen-bond acceptors (Lipinski definition) is 6. The van der Waals surface area contributed by atoms with Crippen LogP contribution in [-0.2, 0) is 20.5 Å². The average Bonchev–Trinajstić information content (AvgIpc) is 3.91. The quantitative estimate of drug-likeness (QED) is 0.130. The normalized spacial score (nSPS) is 17.2. The smallest absolute Gasteiger partial charge is 0.352 e. The van der Waals surface area contributed by atoms with Crippen molar-refractivity contribution in [1.29, 1.82) is 0 Å². The van der Waals surface area contributed by atoms with Crippen LogP contribution in [0.3, 0.4) is 0 Å². The molecule has 304 valence electrons. The van der Waals surface area contributed by atoms with Crippen molar-refractivity contribution < 1.29 is 24.2 Å². The molecular weight excluding hydrogens is 775 g/mol. The zero-order valence-corrected chi connectivity index (χ0v) is 35.9. The predicted octanol–water partition coefficient (Wildman–Crippen LogP) is 9.34. The summed E-state index contributed by atoms with van der Waals surface area (Å²) in [5, 5.41) is 17.9. The largest absolute Gasteiger partial charge is 0.494 e. The highest BCUT2D eigenvalue weighted by atomic mass is 35.5. The molecule has 1 N–H and O–H groups in total. The molecule has 1 unspecified atom stereocenters. The standard InChI is InChI=1S/C45H50Cl2N6O5/c1-24-16-30(17-25(2)41(24)47)57-15-9-10-32-33-11-12-35(46)40(39-27(4)48-51(8)28(39)5)42(33)53-26(3)21-52(44(54)43(32)53)37-19-31(58-23-29-13-14-49(6)22-29)18-36-34(37)20-38(45(55)56)50(36)7/h11-12,16-20,26,29H,9-10,13-15,21-23H2,1-8H3,(H,55,56)/t26-,29?/m1/s1. The van der Waals surface area contributed by atoms with Crippen molar-refractivity contribution in [3.8, 4) is 22.6 Å². The van der Waals surface area contributed by atoms with Gasteiger partial charge in [-0.05, 0) is 108 Å². The van der Waals surface area contributed by atoms with Gasteiger partial charge in [0.25, 0.3) is 5.91 Å². The Kier molecular flexibility index (Phi) is 10.5. The third-order valence-electron chi connectivity index (χ3n) is 12.2. The molecule has 1 saturated heterocycles. The van der Waals surface area contributed by atoms with Gasteiger partial charge in [-0.3, -0.25) is 9.48 Å². The van der Waals surface area contributed by atoms with Crippen molar-refractivity contribution in [2.24, 2.45) is 20.0 Å².